The van der Waals surface area contributed by atoms with E-state index in [-0.39, 0.29) is 5.91 Å². The lowest BCUT2D eigenvalue weighted by Gasteiger charge is -2.04. The number of aryl methyl sites for hydroxylation is 1. The first-order valence-electron chi connectivity index (χ1n) is 7.82. The minimum Gasteiger partial charge on any atom is -0.461 e. The lowest BCUT2D eigenvalue weighted by atomic mass is 10.1. The maximum Gasteiger partial charge on any atom is 0.254 e. The van der Waals surface area contributed by atoms with E-state index in [1.54, 1.807) is 6.07 Å². The predicted molar refractivity (Wildman–Crippen MR) is 99.1 cm³/mol. The summed E-state index contributed by atoms with van der Waals surface area (Å²) in [7, 11) is 0. The second-order valence-corrected chi connectivity index (χ2v) is 6.49. The van der Waals surface area contributed by atoms with E-state index >= 15 is 0 Å². The zero-order valence-corrected chi connectivity index (χ0v) is 15.0. The monoisotopic (exact) mass is 383 g/mol. The van der Waals surface area contributed by atoms with E-state index in [9.17, 15) is 4.79 Å². The maximum absolute atomic E-state index is 12.4. The van der Waals surface area contributed by atoms with E-state index in [0.29, 0.717) is 23.6 Å². The SMILES string of the molecule is Cc1oc(-c2ccc(Br)cc2)cc1C(=O)NCCc1ccccc1. The molecule has 3 rings (SSSR count). The number of amides is 1. The highest BCUT2D eigenvalue weighted by atomic mass is 79.9. The molecule has 3 nitrogen and oxygen atoms in total. The van der Waals surface area contributed by atoms with Gasteiger partial charge in [-0.25, -0.2) is 0 Å². The maximum atomic E-state index is 12.4. The van der Waals surface area contributed by atoms with Crippen molar-refractivity contribution < 1.29 is 9.21 Å². The Morgan fingerprint density at radius 2 is 1.79 bits per heavy atom. The molecule has 0 radical (unpaired) electrons. The highest BCUT2D eigenvalue weighted by Gasteiger charge is 2.15. The van der Waals surface area contributed by atoms with Crippen LogP contribution < -0.4 is 5.32 Å². The molecule has 2 aromatic carbocycles. The summed E-state index contributed by atoms with van der Waals surface area (Å²) in [5.41, 5.74) is 2.74. The van der Waals surface area contributed by atoms with Crippen LogP contribution in [0.1, 0.15) is 21.7 Å². The van der Waals surface area contributed by atoms with Crippen molar-refractivity contribution in [2.75, 3.05) is 6.54 Å². The Morgan fingerprint density at radius 1 is 1.08 bits per heavy atom. The third-order valence-electron chi connectivity index (χ3n) is 3.83. The number of halogens is 1. The molecule has 1 amide bonds. The number of rotatable bonds is 5. The average Bonchev–Trinajstić information content (AvgIpc) is 2.98. The zero-order valence-electron chi connectivity index (χ0n) is 13.4. The van der Waals surface area contributed by atoms with Gasteiger partial charge in [0.1, 0.15) is 11.5 Å². The smallest absolute Gasteiger partial charge is 0.254 e. The summed E-state index contributed by atoms with van der Waals surface area (Å²) < 4.78 is 6.76. The normalized spacial score (nSPS) is 10.6. The molecule has 24 heavy (non-hydrogen) atoms. The Hall–Kier alpha value is -2.33. The van der Waals surface area contributed by atoms with Gasteiger partial charge in [-0.1, -0.05) is 58.4 Å². The summed E-state index contributed by atoms with van der Waals surface area (Å²) in [6.45, 7) is 2.41. The molecule has 0 aliphatic heterocycles. The summed E-state index contributed by atoms with van der Waals surface area (Å²) in [6, 6.07) is 19.7. The molecular formula is C20H18BrNO2. The van der Waals surface area contributed by atoms with Gasteiger partial charge in [0.2, 0.25) is 0 Å². The second kappa shape index (κ2) is 7.49. The first-order chi connectivity index (χ1) is 11.6. The molecule has 0 atom stereocenters. The molecule has 0 fully saturated rings. The number of nitrogens with one attached hydrogen (secondary N) is 1. The molecule has 0 spiro atoms. The molecular weight excluding hydrogens is 366 g/mol. The molecule has 0 saturated carbocycles. The van der Waals surface area contributed by atoms with E-state index < -0.39 is 0 Å². The van der Waals surface area contributed by atoms with Crippen molar-refractivity contribution in [1.29, 1.82) is 0 Å². The summed E-state index contributed by atoms with van der Waals surface area (Å²) in [4.78, 5) is 12.4. The summed E-state index contributed by atoms with van der Waals surface area (Å²) in [6.07, 6.45) is 0.809. The fourth-order valence-electron chi connectivity index (χ4n) is 2.52. The zero-order chi connectivity index (χ0) is 16.9. The molecule has 1 aromatic heterocycles. The highest BCUT2D eigenvalue weighted by Crippen LogP contribution is 2.26. The average molecular weight is 384 g/mol. The lowest BCUT2D eigenvalue weighted by Crippen LogP contribution is -2.25. The van der Waals surface area contributed by atoms with E-state index in [0.717, 1.165) is 16.5 Å². The third-order valence-corrected chi connectivity index (χ3v) is 4.36. The van der Waals surface area contributed by atoms with Crippen molar-refractivity contribution in [2.24, 2.45) is 0 Å². The summed E-state index contributed by atoms with van der Waals surface area (Å²) in [5.74, 6) is 1.23. The minimum atomic E-state index is -0.101. The largest absolute Gasteiger partial charge is 0.461 e. The minimum absolute atomic E-state index is 0.101. The van der Waals surface area contributed by atoms with Gasteiger partial charge in [-0.15, -0.1) is 0 Å². The molecule has 122 valence electrons. The van der Waals surface area contributed by atoms with E-state index in [1.165, 1.54) is 5.56 Å². The Morgan fingerprint density at radius 3 is 2.50 bits per heavy atom. The first-order valence-corrected chi connectivity index (χ1v) is 8.61. The molecule has 3 aromatic rings. The molecule has 0 unspecified atom stereocenters. The molecule has 0 bridgehead atoms. The van der Waals surface area contributed by atoms with Crippen LogP contribution in [0.25, 0.3) is 11.3 Å². The number of carbonyl (C=O) groups is 1. The number of benzene rings is 2. The molecule has 0 saturated heterocycles. The summed E-state index contributed by atoms with van der Waals surface area (Å²) >= 11 is 3.41. The van der Waals surface area contributed by atoms with Gasteiger partial charge < -0.3 is 9.73 Å². The lowest BCUT2D eigenvalue weighted by molar-refractivity contribution is 0.0952. The van der Waals surface area contributed by atoms with Crippen LogP contribution in [0, 0.1) is 6.92 Å². The summed E-state index contributed by atoms with van der Waals surface area (Å²) in [5, 5.41) is 2.96. The van der Waals surface area contributed by atoms with Crippen molar-refractivity contribution in [1.82, 2.24) is 5.32 Å². The van der Waals surface area contributed by atoms with Gasteiger partial charge in [0.05, 0.1) is 5.56 Å². The third kappa shape index (κ3) is 3.95. The van der Waals surface area contributed by atoms with E-state index in [1.807, 2.05) is 49.4 Å². The number of hydrogen-bond donors (Lipinski definition) is 1. The second-order valence-electron chi connectivity index (χ2n) is 5.58. The van der Waals surface area contributed by atoms with Crippen molar-refractivity contribution in [3.8, 4) is 11.3 Å². The Balaban J connectivity index is 1.66. The van der Waals surface area contributed by atoms with Gasteiger partial charge in [-0.3, -0.25) is 4.79 Å². The molecule has 4 heteroatoms. The Labute approximate surface area is 149 Å². The molecule has 0 aliphatic carbocycles. The van der Waals surface area contributed by atoms with Gasteiger partial charge in [0.15, 0.2) is 0 Å². The van der Waals surface area contributed by atoms with Crippen LogP contribution in [-0.4, -0.2) is 12.5 Å². The Kier molecular flexibility index (Phi) is 5.16. The van der Waals surface area contributed by atoms with E-state index in [2.05, 4.69) is 33.4 Å². The van der Waals surface area contributed by atoms with Crippen molar-refractivity contribution in [3.05, 3.63) is 82.0 Å². The molecule has 1 N–H and O–H groups in total. The van der Waals surface area contributed by atoms with Crippen LogP contribution in [0.2, 0.25) is 0 Å². The van der Waals surface area contributed by atoms with Crippen LogP contribution in [0.3, 0.4) is 0 Å². The Bertz CT molecular complexity index is 823. The van der Waals surface area contributed by atoms with Crippen molar-refractivity contribution >= 4 is 21.8 Å². The standard InChI is InChI=1S/C20H18BrNO2/c1-14-18(13-19(24-14)16-7-9-17(21)10-8-16)20(23)22-12-11-15-5-3-2-4-6-15/h2-10,13H,11-12H2,1H3,(H,22,23). The van der Waals surface area contributed by atoms with Gasteiger partial charge >= 0.3 is 0 Å². The molecule has 1 heterocycles. The van der Waals surface area contributed by atoms with Crippen LogP contribution in [-0.2, 0) is 6.42 Å². The van der Waals surface area contributed by atoms with Crippen LogP contribution >= 0.6 is 15.9 Å². The van der Waals surface area contributed by atoms with Gasteiger partial charge in [0.25, 0.3) is 5.91 Å². The number of carbonyl (C=O) groups excluding carboxylic acids is 1. The van der Waals surface area contributed by atoms with Gasteiger partial charge in [-0.05, 0) is 37.1 Å². The van der Waals surface area contributed by atoms with Gasteiger partial charge in [0, 0.05) is 16.6 Å². The van der Waals surface area contributed by atoms with Crippen molar-refractivity contribution in [3.63, 3.8) is 0 Å². The number of furan rings is 1. The van der Waals surface area contributed by atoms with E-state index in [4.69, 9.17) is 4.42 Å². The topological polar surface area (TPSA) is 42.2 Å². The molecule has 0 aliphatic rings. The predicted octanol–water partition coefficient (Wildman–Crippen LogP) is 4.99. The van der Waals surface area contributed by atoms with Crippen molar-refractivity contribution in [2.45, 2.75) is 13.3 Å². The highest BCUT2D eigenvalue weighted by molar-refractivity contribution is 9.10. The fourth-order valence-corrected chi connectivity index (χ4v) is 2.79. The van der Waals surface area contributed by atoms with Crippen LogP contribution in [0.5, 0.6) is 0 Å². The van der Waals surface area contributed by atoms with Gasteiger partial charge in [-0.2, -0.15) is 0 Å². The number of hydrogen-bond acceptors (Lipinski definition) is 2. The fraction of sp³-hybridized carbons (Fsp3) is 0.150. The van der Waals surface area contributed by atoms with Crippen LogP contribution in [0.15, 0.2) is 69.6 Å². The first kappa shape index (κ1) is 16.5. The quantitative estimate of drug-likeness (QED) is 0.674. The van der Waals surface area contributed by atoms with Crippen LogP contribution in [0.4, 0.5) is 0 Å².